The van der Waals surface area contributed by atoms with Gasteiger partial charge >= 0.3 is 6.03 Å². The van der Waals surface area contributed by atoms with E-state index in [0.29, 0.717) is 6.54 Å². The molecule has 1 aromatic heterocycles. The number of urea groups is 1. The fourth-order valence-corrected chi connectivity index (χ4v) is 3.16. The minimum Gasteiger partial charge on any atom is -0.378 e. The molecular weight excluding hydrogens is 292 g/mol. The maximum atomic E-state index is 12.6. The summed E-state index contributed by atoms with van der Waals surface area (Å²) in [5.41, 5.74) is 2.70. The number of H-pyrrole nitrogens is 1. The molecule has 1 atom stereocenters. The van der Waals surface area contributed by atoms with E-state index in [2.05, 4.69) is 22.4 Å². The summed E-state index contributed by atoms with van der Waals surface area (Å²) in [6.07, 6.45) is 4.59. The number of nitrogens with zero attached hydrogens (tertiary/aromatic N) is 2. The van der Waals surface area contributed by atoms with Crippen molar-refractivity contribution in [1.82, 2.24) is 15.1 Å². The Hall–Kier alpha value is -2.08. The number of aryl methyl sites for hydroxylation is 1. The third-order valence-corrected chi connectivity index (χ3v) is 4.84. The summed E-state index contributed by atoms with van der Waals surface area (Å²) in [4.78, 5) is 14.4. The lowest BCUT2D eigenvalue weighted by Gasteiger charge is -2.26. The first-order valence-corrected chi connectivity index (χ1v) is 8.05. The van der Waals surface area contributed by atoms with Crippen molar-refractivity contribution in [3.63, 3.8) is 0 Å². The van der Waals surface area contributed by atoms with Gasteiger partial charge in [0.1, 0.15) is 0 Å². The van der Waals surface area contributed by atoms with E-state index in [1.807, 2.05) is 24.0 Å². The van der Waals surface area contributed by atoms with E-state index >= 15 is 0 Å². The maximum Gasteiger partial charge on any atom is 0.321 e. The standard InChI is InChI=1S/C17H24N4O2/c1-12-9-13(10-15-14(12)11-18-20-15)19-16(22)21-7-4-5-17(2,23-3)6-8-21/h9-11H,4-8H2,1-3H3,(H,18,20)(H,19,22)/t17-/m0/s1. The van der Waals surface area contributed by atoms with Crippen molar-refractivity contribution in [3.05, 3.63) is 23.9 Å². The van der Waals surface area contributed by atoms with Gasteiger partial charge in [0, 0.05) is 31.3 Å². The van der Waals surface area contributed by atoms with Crippen LogP contribution in [0, 0.1) is 6.92 Å². The Morgan fingerprint density at radius 3 is 3.00 bits per heavy atom. The molecule has 1 aliphatic rings. The van der Waals surface area contributed by atoms with Gasteiger partial charge in [-0.05, 0) is 50.8 Å². The second-order valence-electron chi connectivity index (χ2n) is 6.55. The molecule has 2 amide bonds. The van der Waals surface area contributed by atoms with Gasteiger partial charge in [-0.15, -0.1) is 0 Å². The minimum absolute atomic E-state index is 0.0522. The predicted molar refractivity (Wildman–Crippen MR) is 90.7 cm³/mol. The van der Waals surface area contributed by atoms with Crippen molar-refractivity contribution in [2.24, 2.45) is 0 Å². The Kier molecular flexibility index (Phi) is 4.26. The summed E-state index contributed by atoms with van der Waals surface area (Å²) in [5, 5.41) is 11.1. The normalized spacial score (nSPS) is 22.1. The van der Waals surface area contributed by atoms with Crippen molar-refractivity contribution < 1.29 is 9.53 Å². The fourth-order valence-electron chi connectivity index (χ4n) is 3.16. The summed E-state index contributed by atoms with van der Waals surface area (Å²) < 4.78 is 5.59. The van der Waals surface area contributed by atoms with E-state index in [0.717, 1.165) is 48.0 Å². The number of carbonyl (C=O) groups excluding carboxylic acids is 1. The van der Waals surface area contributed by atoms with Gasteiger partial charge in [0.15, 0.2) is 0 Å². The molecule has 1 saturated heterocycles. The first-order chi connectivity index (χ1) is 11.0. The number of methoxy groups -OCH3 is 1. The number of rotatable bonds is 2. The van der Waals surface area contributed by atoms with Gasteiger partial charge in [-0.2, -0.15) is 5.10 Å². The largest absolute Gasteiger partial charge is 0.378 e. The molecule has 2 N–H and O–H groups in total. The van der Waals surface area contributed by atoms with Crippen molar-refractivity contribution in [3.8, 4) is 0 Å². The zero-order chi connectivity index (χ0) is 16.4. The predicted octanol–water partition coefficient (Wildman–Crippen LogP) is 3.29. The number of fused-ring (bicyclic) bond motifs is 1. The Morgan fingerprint density at radius 2 is 2.22 bits per heavy atom. The summed E-state index contributed by atoms with van der Waals surface area (Å²) >= 11 is 0. The second-order valence-corrected chi connectivity index (χ2v) is 6.55. The van der Waals surface area contributed by atoms with E-state index in [-0.39, 0.29) is 11.6 Å². The lowest BCUT2D eigenvalue weighted by Crippen LogP contribution is -2.37. The van der Waals surface area contributed by atoms with Crippen LogP contribution in [0.15, 0.2) is 18.3 Å². The molecule has 1 aliphatic heterocycles. The summed E-state index contributed by atoms with van der Waals surface area (Å²) in [6, 6.07) is 3.85. The minimum atomic E-state index is -0.125. The van der Waals surface area contributed by atoms with E-state index in [1.54, 1.807) is 13.3 Å². The smallest absolute Gasteiger partial charge is 0.321 e. The summed E-state index contributed by atoms with van der Waals surface area (Å²) in [7, 11) is 1.75. The molecular formula is C17H24N4O2. The van der Waals surface area contributed by atoms with Gasteiger partial charge in [0.2, 0.25) is 0 Å². The SMILES string of the molecule is CO[C@@]1(C)CCCN(C(=O)Nc2cc(C)c3cn[nH]c3c2)CC1. The van der Waals surface area contributed by atoms with Gasteiger partial charge in [0.05, 0.1) is 17.3 Å². The highest BCUT2D eigenvalue weighted by molar-refractivity contribution is 5.93. The van der Waals surface area contributed by atoms with Crippen LogP contribution in [-0.2, 0) is 4.74 Å². The van der Waals surface area contributed by atoms with Crippen molar-refractivity contribution in [2.45, 2.75) is 38.7 Å². The zero-order valence-corrected chi connectivity index (χ0v) is 14.0. The molecule has 2 heterocycles. The van der Waals surface area contributed by atoms with Gasteiger partial charge in [-0.1, -0.05) is 0 Å². The van der Waals surface area contributed by atoms with Crippen molar-refractivity contribution in [2.75, 3.05) is 25.5 Å². The van der Waals surface area contributed by atoms with Crippen LogP contribution < -0.4 is 5.32 Å². The van der Waals surface area contributed by atoms with Gasteiger partial charge in [0.25, 0.3) is 0 Å². The molecule has 6 nitrogen and oxygen atoms in total. The molecule has 23 heavy (non-hydrogen) atoms. The van der Waals surface area contributed by atoms with Crippen LogP contribution in [0.2, 0.25) is 0 Å². The number of carbonyl (C=O) groups is 1. The molecule has 3 rings (SSSR count). The van der Waals surface area contributed by atoms with Crippen LogP contribution in [0.3, 0.4) is 0 Å². The van der Waals surface area contributed by atoms with Gasteiger partial charge in [-0.25, -0.2) is 4.79 Å². The molecule has 0 aliphatic carbocycles. The highest BCUT2D eigenvalue weighted by Gasteiger charge is 2.29. The number of nitrogens with one attached hydrogen (secondary N) is 2. The van der Waals surface area contributed by atoms with Crippen LogP contribution in [0.5, 0.6) is 0 Å². The molecule has 1 fully saturated rings. The highest BCUT2D eigenvalue weighted by atomic mass is 16.5. The molecule has 0 spiro atoms. The fraction of sp³-hybridized carbons (Fsp3) is 0.529. The van der Waals surface area contributed by atoms with Crippen LogP contribution in [0.25, 0.3) is 10.9 Å². The topological polar surface area (TPSA) is 70.2 Å². The number of hydrogen-bond acceptors (Lipinski definition) is 3. The number of ether oxygens (including phenoxy) is 1. The molecule has 0 saturated carbocycles. The lowest BCUT2D eigenvalue weighted by atomic mass is 9.97. The number of anilines is 1. The molecule has 0 bridgehead atoms. The third-order valence-electron chi connectivity index (χ3n) is 4.84. The first-order valence-electron chi connectivity index (χ1n) is 8.05. The molecule has 0 radical (unpaired) electrons. The van der Waals surface area contributed by atoms with Crippen LogP contribution in [0.4, 0.5) is 10.5 Å². The van der Waals surface area contributed by atoms with Crippen molar-refractivity contribution in [1.29, 1.82) is 0 Å². The molecule has 1 aromatic carbocycles. The Balaban J connectivity index is 1.70. The van der Waals surface area contributed by atoms with Crippen molar-refractivity contribution >= 4 is 22.6 Å². The molecule has 2 aromatic rings. The molecule has 0 unspecified atom stereocenters. The number of aromatic amines is 1. The number of likely N-dealkylation sites (tertiary alicyclic amines) is 1. The number of hydrogen-bond donors (Lipinski definition) is 2. The van der Waals surface area contributed by atoms with Gasteiger partial charge in [-0.3, -0.25) is 5.10 Å². The first kappa shape index (κ1) is 15.8. The molecule has 124 valence electrons. The molecule has 6 heteroatoms. The third kappa shape index (κ3) is 3.32. The van der Waals surface area contributed by atoms with Crippen LogP contribution >= 0.6 is 0 Å². The van der Waals surface area contributed by atoms with Crippen LogP contribution in [-0.4, -0.2) is 46.9 Å². The van der Waals surface area contributed by atoms with E-state index in [9.17, 15) is 4.79 Å². The van der Waals surface area contributed by atoms with Crippen LogP contribution in [0.1, 0.15) is 31.7 Å². The number of benzene rings is 1. The average Bonchev–Trinajstić information content (AvgIpc) is 2.90. The monoisotopic (exact) mass is 316 g/mol. The second kappa shape index (κ2) is 6.20. The highest BCUT2D eigenvalue weighted by Crippen LogP contribution is 2.26. The zero-order valence-electron chi connectivity index (χ0n) is 14.0. The summed E-state index contributed by atoms with van der Waals surface area (Å²) in [5.74, 6) is 0. The summed E-state index contributed by atoms with van der Waals surface area (Å²) in [6.45, 7) is 5.60. The lowest BCUT2D eigenvalue weighted by molar-refractivity contribution is -0.00491. The van der Waals surface area contributed by atoms with E-state index < -0.39 is 0 Å². The maximum absolute atomic E-state index is 12.6. The van der Waals surface area contributed by atoms with Gasteiger partial charge < -0.3 is 15.0 Å². The Bertz CT molecular complexity index is 712. The van der Waals surface area contributed by atoms with E-state index in [4.69, 9.17) is 4.74 Å². The number of aromatic nitrogens is 2. The quantitative estimate of drug-likeness (QED) is 0.893. The average molecular weight is 316 g/mol. The Morgan fingerprint density at radius 1 is 1.39 bits per heavy atom. The number of amides is 2. The Labute approximate surface area is 136 Å². The van der Waals surface area contributed by atoms with E-state index in [1.165, 1.54) is 0 Å².